The predicted molar refractivity (Wildman–Crippen MR) is 83.2 cm³/mol. The molecule has 0 aromatic heterocycles. The van der Waals surface area contributed by atoms with Crippen molar-refractivity contribution < 1.29 is 9.18 Å². The molecule has 6 heteroatoms. The highest BCUT2D eigenvalue weighted by molar-refractivity contribution is 6.31. The molecule has 0 saturated carbocycles. The van der Waals surface area contributed by atoms with Crippen LogP contribution < -0.4 is 5.32 Å². The lowest BCUT2D eigenvalue weighted by molar-refractivity contribution is -0.117. The summed E-state index contributed by atoms with van der Waals surface area (Å²) >= 11 is 5.69. The van der Waals surface area contributed by atoms with Crippen LogP contribution >= 0.6 is 11.6 Å². The van der Waals surface area contributed by atoms with Gasteiger partial charge in [-0.15, -0.1) is 0 Å². The number of amides is 1. The van der Waals surface area contributed by atoms with Gasteiger partial charge in [-0.2, -0.15) is 0 Å². The Morgan fingerprint density at radius 3 is 2.57 bits per heavy atom. The molecule has 0 bridgehead atoms. The Morgan fingerprint density at radius 1 is 1.29 bits per heavy atom. The van der Waals surface area contributed by atoms with E-state index in [-0.39, 0.29) is 10.9 Å². The third kappa shape index (κ3) is 4.95. The predicted octanol–water partition coefficient (Wildman–Crippen LogP) is 2.45. The Balaban J connectivity index is 1.78. The monoisotopic (exact) mass is 313 g/mol. The van der Waals surface area contributed by atoms with Gasteiger partial charge in [0.15, 0.2) is 0 Å². The zero-order valence-corrected chi connectivity index (χ0v) is 13.0. The van der Waals surface area contributed by atoms with Crippen LogP contribution in [-0.4, -0.2) is 55.0 Å². The lowest BCUT2D eigenvalue weighted by atomic mass is 10.3. The zero-order valence-electron chi connectivity index (χ0n) is 12.2. The highest BCUT2D eigenvalue weighted by Gasteiger charge is 2.18. The maximum Gasteiger partial charge on any atom is 0.238 e. The van der Waals surface area contributed by atoms with Gasteiger partial charge >= 0.3 is 0 Å². The van der Waals surface area contributed by atoms with Gasteiger partial charge in [-0.3, -0.25) is 9.69 Å². The lowest BCUT2D eigenvalue weighted by Crippen LogP contribution is -2.48. The molecule has 1 aliphatic heterocycles. The van der Waals surface area contributed by atoms with Gasteiger partial charge in [0, 0.05) is 31.9 Å². The molecule has 0 aliphatic carbocycles. The molecular formula is C15H21ClFN3O. The SMILES string of the molecule is CCCN1CCN(CC(=O)Nc2ccc(F)c(Cl)c2)CC1. The fourth-order valence-electron chi connectivity index (χ4n) is 2.46. The number of carbonyl (C=O) groups is 1. The van der Waals surface area contributed by atoms with Gasteiger partial charge in [-0.1, -0.05) is 18.5 Å². The fourth-order valence-corrected chi connectivity index (χ4v) is 2.65. The van der Waals surface area contributed by atoms with Gasteiger partial charge < -0.3 is 10.2 Å². The van der Waals surface area contributed by atoms with E-state index in [0.29, 0.717) is 12.2 Å². The fraction of sp³-hybridized carbons (Fsp3) is 0.533. The van der Waals surface area contributed by atoms with E-state index in [9.17, 15) is 9.18 Å². The van der Waals surface area contributed by atoms with Gasteiger partial charge in [0.2, 0.25) is 5.91 Å². The number of rotatable bonds is 5. The van der Waals surface area contributed by atoms with Gasteiger partial charge in [-0.25, -0.2) is 4.39 Å². The van der Waals surface area contributed by atoms with Crippen molar-refractivity contribution in [3.63, 3.8) is 0 Å². The van der Waals surface area contributed by atoms with E-state index in [4.69, 9.17) is 11.6 Å². The average molecular weight is 314 g/mol. The van der Waals surface area contributed by atoms with E-state index >= 15 is 0 Å². The average Bonchev–Trinajstić information content (AvgIpc) is 2.45. The molecular weight excluding hydrogens is 293 g/mol. The first-order valence-electron chi connectivity index (χ1n) is 7.28. The van der Waals surface area contributed by atoms with E-state index < -0.39 is 5.82 Å². The number of carbonyl (C=O) groups excluding carboxylic acids is 1. The summed E-state index contributed by atoms with van der Waals surface area (Å²) in [4.78, 5) is 16.5. The molecule has 1 fully saturated rings. The van der Waals surface area contributed by atoms with Crippen LogP contribution in [0.15, 0.2) is 18.2 Å². The first kappa shape index (κ1) is 16.2. The van der Waals surface area contributed by atoms with Crippen LogP contribution in [0.4, 0.5) is 10.1 Å². The number of benzene rings is 1. The van der Waals surface area contributed by atoms with E-state index in [1.54, 1.807) is 0 Å². The Labute approximate surface area is 129 Å². The quantitative estimate of drug-likeness (QED) is 0.907. The minimum Gasteiger partial charge on any atom is -0.325 e. The minimum atomic E-state index is -0.485. The molecule has 0 spiro atoms. The molecule has 1 aliphatic rings. The molecule has 1 heterocycles. The summed E-state index contributed by atoms with van der Waals surface area (Å²) in [6, 6.07) is 4.19. The van der Waals surface area contributed by atoms with Crippen molar-refractivity contribution in [3.8, 4) is 0 Å². The molecule has 21 heavy (non-hydrogen) atoms. The maximum atomic E-state index is 13.1. The molecule has 0 radical (unpaired) electrons. The summed E-state index contributed by atoms with van der Waals surface area (Å²) in [5, 5.41) is 2.76. The third-order valence-corrected chi connectivity index (χ3v) is 3.86. The van der Waals surface area contributed by atoms with Gasteiger partial charge in [-0.05, 0) is 31.2 Å². The second kappa shape index (κ2) is 7.73. The van der Waals surface area contributed by atoms with Crippen molar-refractivity contribution in [1.29, 1.82) is 0 Å². The molecule has 1 aromatic carbocycles. The largest absolute Gasteiger partial charge is 0.325 e. The third-order valence-electron chi connectivity index (χ3n) is 3.58. The van der Waals surface area contributed by atoms with E-state index in [1.165, 1.54) is 18.2 Å². The van der Waals surface area contributed by atoms with Crippen molar-refractivity contribution in [2.45, 2.75) is 13.3 Å². The first-order valence-corrected chi connectivity index (χ1v) is 7.66. The molecule has 4 nitrogen and oxygen atoms in total. The zero-order chi connectivity index (χ0) is 15.2. The molecule has 1 saturated heterocycles. The van der Waals surface area contributed by atoms with Crippen LogP contribution in [-0.2, 0) is 4.79 Å². The van der Waals surface area contributed by atoms with E-state index in [1.807, 2.05) is 0 Å². The molecule has 0 atom stereocenters. The second-order valence-electron chi connectivity index (χ2n) is 5.29. The Hall–Kier alpha value is -1.17. The molecule has 1 aromatic rings. The Kier molecular flexibility index (Phi) is 5.96. The molecule has 0 unspecified atom stereocenters. The number of piperazine rings is 1. The molecule has 1 N–H and O–H groups in total. The summed E-state index contributed by atoms with van der Waals surface area (Å²) in [6.45, 7) is 7.46. The molecule has 2 rings (SSSR count). The van der Waals surface area contributed by atoms with Crippen LogP contribution in [0.5, 0.6) is 0 Å². The highest BCUT2D eigenvalue weighted by atomic mass is 35.5. The number of hydrogen-bond acceptors (Lipinski definition) is 3. The topological polar surface area (TPSA) is 35.6 Å². The van der Waals surface area contributed by atoms with Gasteiger partial charge in [0.25, 0.3) is 0 Å². The summed E-state index contributed by atoms with van der Waals surface area (Å²) in [5.74, 6) is -0.580. The van der Waals surface area contributed by atoms with Crippen LogP contribution in [0.25, 0.3) is 0 Å². The van der Waals surface area contributed by atoms with Crippen molar-refractivity contribution >= 4 is 23.2 Å². The highest BCUT2D eigenvalue weighted by Crippen LogP contribution is 2.19. The number of halogens is 2. The van der Waals surface area contributed by atoms with Crippen LogP contribution in [0.3, 0.4) is 0 Å². The lowest BCUT2D eigenvalue weighted by Gasteiger charge is -2.34. The standard InChI is InChI=1S/C15H21ClFN3O/c1-2-5-19-6-8-20(9-7-19)11-15(21)18-12-3-4-14(17)13(16)10-12/h3-4,10H,2,5-9,11H2,1H3,(H,18,21). The minimum absolute atomic E-state index is 0.0148. The summed E-state index contributed by atoms with van der Waals surface area (Å²) in [6.07, 6.45) is 1.16. The smallest absolute Gasteiger partial charge is 0.238 e. The van der Waals surface area contributed by atoms with Crippen LogP contribution in [0.1, 0.15) is 13.3 Å². The van der Waals surface area contributed by atoms with Gasteiger partial charge in [0.1, 0.15) is 5.82 Å². The second-order valence-corrected chi connectivity index (χ2v) is 5.70. The maximum absolute atomic E-state index is 13.1. The van der Waals surface area contributed by atoms with Gasteiger partial charge in [0.05, 0.1) is 11.6 Å². The Morgan fingerprint density at radius 2 is 1.95 bits per heavy atom. The number of hydrogen-bond donors (Lipinski definition) is 1. The van der Waals surface area contributed by atoms with Crippen LogP contribution in [0.2, 0.25) is 5.02 Å². The summed E-state index contributed by atoms with van der Waals surface area (Å²) in [7, 11) is 0. The van der Waals surface area contributed by atoms with E-state index in [0.717, 1.165) is 39.1 Å². The van der Waals surface area contributed by atoms with Crippen molar-refractivity contribution in [3.05, 3.63) is 29.0 Å². The number of nitrogens with zero attached hydrogens (tertiary/aromatic N) is 2. The Bertz CT molecular complexity index is 490. The first-order chi connectivity index (χ1) is 10.1. The molecule has 1 amide bonds. The molecule has 116 valence electrons. The summed E-state index contributed by atoms with van der Waals surface area (Å²) < 4.78 is 13.1. The normalized spacial score (nSPS) is 16.9. The summed E-state index contributed by atoms with van der Waals surface area (Å²) in [5.41, 5.74) is 0.524. The number of anilines is 1. The van der Waals surface area contributed by atoms with Crippen molar-refractivity contribution in [2.75, 3.05) is 44.6 Å². The van der Waals surface area contributed by atoms with Crippen molar-refractivity contribution in [1.82, 2.24) is 9.80 Å². The van der Waals surface area contributed by atoms with Crippen molar-refractivity contribution in [2.24, 2.45) is 0 Å². The number of nitrogens with one attached hydrogen (secondary N) is 1. The van der Waals surface area contributed by atoms with Crippen LogP contribution in [0, 0.1) is 5.82 Å². The van der Waals surface area contributed by atoms with E-state index in [2.05, 4.69) is 22.0 Å².